The van der Waals surface area contributed by atoms with Crippen molar-refractivity contribution >= 4 is 29.4 Å². The molecular weight excluding hydrogens is 424 g/mol. The first kappa shape index (κ1) is 24.6. The summed E-state index contributed by atoms with van der Waals surface area (Å²) in [5.41, 5.74) is 5.53. The standard InChI is InChI=1S/C23H36N6O4/c1-16(13-26-22(32)33-4)12-20(30)29-9-5-8-23(29,3)21(31)27-10-11-28(17(2)15-27)19-7-6-18(24)14-25-19/h6-7,14,16-17H,5,8-13,15,24H2,1-4H3,(H,26,32)/t16-,17+,23-/m0/s1. The second kappa shape index (κ2) is 10.3. The van der Waals surface area contributed by atoms with Crippen molar-refractivity contribution < 1.29 is 19.1 Å². The van der Waals surface area contributed by atoms with Gasteiger partial charge in [-0.15, -0.1) is 0 Å². The van der Waals surface area contributed by atoms with Gasteiger partial charge in [0.1, 0.15) is 11.4 Å². The van der Waals surface area contributed by atoms with Crippen LogP contribution in [0.1, 0.15) is 40.0 Å². The highest BCUT2D eigenvalue weighted by molar-refractivity contribution is 5.92. The molecule has 0 unspecified atom stereocenters. The van der Waals surface area contributed by atoms with E-state index in [4.69, 9.17) is 5.73 Å². The summed E-state index contributed by atoms with van der Waals surface area (Å²) in [6, 6.07) is 3.83. The topological polar surface area (TPSA) is 121 Å². The van der Waals surface area contributed by atoms with Gasteiger partial charge >= 0.3 is 6.09 Å². The van der Waals surface area contributed by atoms with Crippen molar-refractivity contribution in [3.8, 4) is 0 Å². The van der Waals surface area contributed by atoms with Crippen LogP contribution in [0.4, 0.5) is 16.3 Å². The number of ether oxygens (including phenoxy) is 1. The Balaban J connectivity index is 1.61. The van der Waals surface area contributed by atoms with Gasteiger partial charge in [-0.2, -0.15) is 0 Å². The molecule has 2 aliphatic rings. The molecular formula is C23H36N6O4. The number of nitrogens with two attached hydrogens (primary N) is 1. The first-order valence-corrected chi connectivity index (χ1v) is 11.6. The van der Waals surface area contributed by atoms with E-state index in [0.717, 1.165) is 12.2 Å². The molecule has 182 valence electrons. The first-order chi connectivity index (χ1) is 15.7. The minimum atomic E-state index is -0.839. The molecule has 0 aromatic carbocycles. The number of aromatic nitrogens is 1. The van der Waals surface area contributed by atoms with Crippen LogP contribution in [0.3, 0.4) is 0 Å². The number of hydrogen-bond donors (Lipinski definition) is 2. The van der Waals surface area contributed by atoms with E-state index >= 15 is 0 Å². The molecule has 33 heavy (non-hydrogen) atoms. The van der Waals surface area contributed by atoms with Crippen LogP contribution in [0, 0.1) is 5.92 Å². The summed E-state index contributed by atoms with van der Waals surface area (Å²) in [6.07, 6.45) is 2.84. The van der Waals surface area contributed by atoms with E-state index in [0.29, 0.717) is 44.8 Å². The number of alkyl carbamates (subject to hydrolysis) is 1. The molecule has 3 rings (SSSR count). The third-order valence-electron chi connectivity index (χ3n) is 6.69. The molecule has 1 aromatic rings. The Morgan fingerprint density at radius 3 is 2.70 bits per heavy atom. The number of carbonyl (C=O) groups is 3. The molecule has 2 saturated heterocycles. The Hall–Kier alpha value is -3.04. The zero-order chi connectivity index (χ0) is 24.2. The van der Waals surface area contributed by atoms with Crippen molar-refractivity contribution in [2.24, 2.45) is 5.92 Å². The van der Waals surface area contributed by atoms with E-state index in [1.165, 1.54) is 7.11 Å². The molecule has 3 N–H and O–H groups in total. The smallest absolute Gasteiger partial charge is 0.406 e. The van der Waals surface area contributed by atoms with Gasteiger partial charge in [0.05, 0.1) is 19.0 Å². The number of nitrogens with one attached hydrogen (secondary N) is 1. The number of likely N-dealkylation sites (tertiary alicyclic amines) is 1. The Kier molecular flexibility index (Phi) is 7.65. The first-order valence-electron chi connectivity index (χ1n) is 11.6. The Labute approximate surface area is 195 Å². The fraction of sp³-hybridized carbons (Fsp3) is 0.652. The molecule has 3 atom stereocenters. The van der Waals surface area contributed by atoms with Gasteiger partial charge in [-0.25, -0.2) is 9.78 Å². The van der Waals surface area contributed by atoms with E-state index in [2.05, 4.69) is 26.9 Å². The quantitative estimate of drug-likeness (QED) is 0.659. The third-order valence-corrected chi connectivity index (χ3v) is 6.69. The van der Waals surface area contributed by atoms with Gasteiger partial charge in [0.2, 0.25) is 11.8 Å². The normalized spacial score (nSPS) is 23.9. The van der Waals surface area contributed by atoms with Crippen molar-refractivity contribution in [1.82, 2.24) is 20.1 Å². The highest BCUT2D eigenvalue weighted by Gasteiger charge is 2.48. The number of methoxy groups -OCH3 is 1. The molecule has 0 radical (unpaired) electrons. The van der Waals surface area contributed by atoms with E-state index in [1.807, 2.05) is 30.9 Å². The number of rotatable bonds is 6. The lowest BCUT2D eigenvalue weighted by atomic mass is 9.94. The van der Waals surface area contributed by atoms with Crippen LogP contribution in [-0.2, 0) is 14.3 Å². The lowest BCUT2D eigenvalue weighted by molar-refractivity contribution is -0.151. The van der Waals surface area contributed by atoms with Crippen LogP contribution in [0.5, 0.6) is 0 Å². The van der Waals surface area contributed by atoms with Gasteiger partial charge in [0.25, 0.3) is 0 Å². The largest absolute Gasteiger partial charge is 0.453 e. The van der Waals surface area contributed by atoms with Gasteiger partial charge in [-0.3, -0.25) is 9.59 Å². The molecule has 0 spiro atoms. The number of amides is 3. The number of carbonyl (C=O) groups excluding carboxylic acids is 3. The summed E-state index contributed by atoms with van der Waals surface area (Å²) in [7, 11) is 1.30. The molecule has 10 heteroatoms. The van der Waals surface area contributed by atoms with Crippen molar-refractivity contribution in [3.63, 3.8) is 0 Å². The number of nitrogen functional groups attached to an aromatic ring is 1. The lowest BCUT2D eigenvalue weighted by Gasteiger charge is -2.44. The summed E-state index contributed by atoms with van der Waals surface area (Å²) >= 11 is 0. The number of anilines is 2. The lowest BCUT2D eigenvalue weighted by Crippen LogP contribution is -2.62. The molecule has 3 amide bonds. The fourth-order valence-electron chi connectivity index (χ4n) is 4.79. The summed E-state index contributed by atoms with van der Waals surface area (Å²) in [5.74, 6) is 0.737. The average Bonchev–Trinajstić information content (AvgIpc) is 3.20. The number of pyridine rings is 1. The van der Waals surface area contributed by atoms with E-state index < -0.39 is 11.6 Å². The predicted molar refractivity (Wildman–Crippen MR) is 126 cm³/mol. The fourth-order valence-corrected chi connectivity index (χ4v) is 4.79. The highest BCUT2D eigenvalue weighted by Crippen LogP contribution is 2.33. The summed E-state index contributed by atoms with van der Waals surface area (Å²) in [4.78, 5) is 48.2. The number of hydrogen-bond acceptors (Lipinski definition) is 7. The van der Waals surface area contributed by atoms with Crippen molar-refractivity contribution in [1.29, 1.82) is 0 Å². The van der Waals surface area contributed by atoms with Gasteiger partial charge in [-0.05, 0) is 44.7 Å². The van der Waals surface area contributed by atoms with Crippen molar-refractivity contribution in [2.45, 2.75) is 51.6 Å². The highest BCUT2D eigenvalue weighted by atomic mass is 16.5. The second-order valence-corrected chi connectivity index (χ2v) is 9.35. The number of nitrogens with zero attached hydrogens (tertiary/aromatic N) is 4. The maximum atomic E-state index is 13.6. The van der Waals surface area contributed by atoms with Gasteiger partial charge in [-0.1, -0.05) is 6.92 Å². The average molecular weight is 461 g/mol. The predicted octanol–water partition coefficient (Wildman–Crippen LogP) is 1.46. The Morgan fingerprint density at radius 2 is 2.06 bits per heavy atom. The Bertz CT molecular complexity index is 863. The van der Waals surface area contributed by atoms with Crippen LogP contribution in [0.25, 0.3) is 0 Å². The zero-order valence-corrected chi connectivity index (χ0v) is 20.0. The Morgan fingerprint density at radius 1 is 1.30 bits per heavy atom. The summed E-state index contributed by atoms with van der Waals surface area (Å²) < 4.78 is 4.58. The molecule has 0 bridgehead atoms. The van der Waals surface area contributed by atoms with Crippen LogP contribution in [-0.4, -0.2) is 84.1 Å². The van der Waals surface area contributed by atoms with Gasteiger partial charge < -0.3 is 30.5 Å². The second-order valence-electron chi connectivity index (χ2n) is 9.35. The molecule has 3 heterocycles. The minimum Gasteiger partial charge on any atom is -0.453 e. The number of piperazine rings is 1. The van der Waals surface area contributed by atoms with E-state index in [-0.39, 0.29) is 30.2 Å². The van der Waals surface area contributed by atoms with E-state index in [9.17, 15) is 14.4 Å². The molecule has 2 fully saturated rings. The molecule has 1 aromatic heterocycles. The maximum absolute atomic E-state index is 13.6. The van der Waals surface area contributed by atoms with E-state index in [1.54, 1.807) is 11.1 Å². The summed E-state index contributed by atoms with van der Waals surface area (Å²) in [6.45, 7) is 8.59. The van der Waals surface area contributed by atoms with Crippen LogP contribution < -0.4 is 16.0 Å². The zero-order valence-electron chi connectivity index (χ0n) is 20.0. The van der Waals surface area contributed by atoms with Gasteiger partial charge in [0, 0.05) is 45.2 Å². The SMILES string of the molecule is COC(=O)NC[C@@H](C)CC(=O)N1CCC[C@@]1(C)C(=O)N1CCN(c2ccc(N)cn2)[C@H](C)C1. The van der Waals surface area contributed by atoms with Crippen LogP contribution in [0.15, 0.2) is 18.3 Å². The third kappa shape index (κ3) is 5.48. The summed E-state index contributed by atoms with van der Waals surface area (Å²) in [5, 5.41) is 2.62. The monoisotopic (exact) mass is 460 g/mol. The molecule has 2 aliphatic heterocycles. The molecule has 0 saturated carbocycles. The van der Waals surface area contributed by atoms with Crippen molar-refractivity contribution in [2.75, 3.05) is 50.5 Å². The molecule has 10 nitrogen and oxygen atoms in total. The maximum Gasteiger partial charge on any atom is 0.406 e. The van der Waals surface area contributed by atoms with Crippen LogP contribution in [0.2, 0.25) is 0 Å². The van der Waals surface area contributed by atoms with Gasteiger partial charge in [0.15, 0.2) is 0 Å². The van der Waals surface area contributed by atoms with Crippen molar-refractivity contribution in [3.05, 3.63) is 18.3 Å². The van der Waals surface area contributed by atoms with Crippen LogP contribution >= 0.6 is 0 Å². The minimum absolute atomic E-state index is 0.00505. The molecule has 0 aliphatic carbocycles.